The molecule has 11 heteroatoms. The fraction of sp³-hybridized carbons (Fsp3) is 0.684. The first kappa shape index (κ1) is 36.5. The Kier molecular flexibility index (Phi) is 11.8. The van der Waals surface area contributed by atoms with Crippen molar-refractivity contribution in [1.29, 1.82) is 0 Å². The average molecular weight is 680 g/mol. The molecular formula is C38H53N3O8. The minimum Gasteiger partial charge on any atom is -0.464 e. The van der Waals surface area contributed by atoms with Crippen LogP contribution in [0.15, 0.2) is 30.3 Å². The Morgan fingerprint density at radius 1 is 0.918 bits per heavy atom. The van der Waals surface area contributed by atoms with Crippen LogP contribution in [0.25, 0.3) is 0 Å². The van der Waals surface area contributed by atoms with Gasteiger partial charge in [-0.3, -0.25) is 19.2 Å². The number of fused-ring (bicyclic) bond motifs is 1. The van der Waals surface area contributed by atoms with Gasteiger partial charge in [0, 0.05) is 25.3 Å². The summed E-state index contributed by atoms with van der Waals surface area (Å²) >= 11 is 0. The van der Waals surface area contributed by atoms with Crippen LogP contribution in [0.3, 0.4) is 0 Å². The fourth-order valence-electron chi connectivity index (χ4n) is 8.49. The zero-order valence-electron chi connectivity index (χ0n) is 29.5. The molecule has 4 aliphatic rings. The molecule has 2 aliphatic heterocycles. The highest BCUT2D eigenvalue weighted by atomic mass is 16.6. The van der Waals surface area contributed by atoms with Gasteiger partial charge in [0.2, 0.25) is 17.7 Å². The van der Waals surface area contributed by atoms with Crippen LogP contribution >= 0.6 is 0 Å². The smallest absolute Gasteiger partial charge is 0.417 e. The van der Waals surface area contributed by atoms with Crippen molar-refractivity contribution in [3.05, 3.63) is 35.9 Å². The van der Waals surface area contributed by atoms with Gasteiger partial charge < -0.3 is 19.7 Å². The number of carbonyl (C=O) groups is 6. The first-order valence-corrected chi connectivity index (χ1v) is 18.2. The van der Waals surface area contributed by atoms with Gasteiger partial charge in [-0.25, -0.2) is 14.5 Å². The Labute approximate surface area is 289 Å². The summed E-state index contributed by atoms with van der Waals surface area (Å²) in [5.41, 5.74) is 0.0650. The predicted molar refractivity (Wildman–Crippen MR) is 181 cm³/mol. The summed E-state index contributed by atoms with van der Waals surface area (Å²) in [6.07, 6.45) is 6.46. The number of likely N-dealkylation sites (tertiary alicyclic amines) is 2. The monoisotopic (exact) mass is 679 g/mol. The number of hydrogen-bond donors (Lipinski definition) is 1. The van der Waals surface area contributed by atoms with Crippen molar-refractivity contribution in [3.63, 3.8) is 0 Å². The van der Waals surface area contributed by atoms with Gasteiger partial charge in [0.05, 0.1) is 6.61 Å². The molecule has 2 saturated carbocycles. The maximum absolute atomic E-state index is 14.4. The van der Waals surface area contributed by atoms with Gasteiger partial charge in [0.1, 0.15) is 24.7 Å². The second-order valence-electron chi connectivity index (χ2n) is 15.4. The van der Waals surface area contributed by atoms with Gasteiger partial charge in [0.25, 0.3) is 0 Å². The maximum Gasteiger partial charge on any atom is 0.417 e. The second kappa shape index (κ2) is 15.9. The van der Waals surface area contributed by atoms with Gasteiger partial charge in [-0.15, -0.1) is 0 Å². The number of ketones is 1. The summed E-state index contributed by atoms with van der Waals surface area (Å²) in [5.74, 6) is -2.47. The van der Waals surface area contributed by atoms with Gasteiger partial charge in [-0.1, -0.05) is 76.8 Å². The maximum atomic E-state index is 14.4. The Morgan fingerprint density at radius 2 is 1.63 bits per heavy atom. The molecule has 0 bridgehead atoms. The Hall–Kier alpha value is -3.76. The lowest BCUT2D eigenvalue weighted by Crippen LogP contribution is -2.58. The molecule has 0 aromatic heterocycles. The number of hydrogen-bond acceptors (Lipinski definition) is 8. The summed E-state index contributed by atoms with van der Waals surface area (Å²) in [6, 6.07) is 6.47. The minimum absolute atomic E-state index is 0.0325. The zero-order valence-corrected chi connectivity index (χ0v) is 29.5. The first-order chi connectivity index (χ1) is 23.4. The van der Waals surface area contributed by atoms with E-state index in [0.717, 1.165) is 61.8 Å². The van der Waals surface area contributed by atoms with Crippen molar-refractivity contribution in [3.8, 4) is 0 Å². The second-order valence-corrected chi connectivity index (χ2v) is 15.4. The molecule has 2 heterocycles. The number of carbonyl (C=O) groups excluding carboxylic acids is 6. The van der Waals surface area contributed by atoms with Gasteiger partial charge >= 0.3 is 12.1 Å². The lowest BCUT2D eigenvalue weighted by molar-refractivity contribution is -0.156. The van der Waals surface area contributed by atoms with E-state index in [1.807, 2.05) is 39.0 Å². The van der Waals surface area contributed by atoms with E-state index in [4.69, 9.17) is 9.47 Å². The molecule has 4 fully saturated rings. The van der Waals surface area contributed by atoms with Crippen LogP contribution in [0.1, 0.15) is 104 Å². The van der Waals surface area contributed by atoms with Crippen molar-refractivity contribution in [1.82, 2.24) is 15.1 Å². The molecule has 49 heavy (non-hydrogen) atoms. The van der Waals surface area contributed by atoms with E-state index < -0.39 is 47.4 Å². The number of benzene rings is 1. The molecule has 6 atom stereocenters. The number of nitrogens with one attached hydrogen (secondary N) is 1. The lowest BCUT2D eigenvalue weighted by Gasteiger charge is -2.38. The average Bonchev–Trinajstić information content (AvgIpc) is 3.80. The molecule has 0 radical (unpaired) electrons. The number of imide groups is 1. The molecule has 11 nitrogen and oxygen atoms in total. The molecule has 1 aromatic rings. The zero-order chi connectivity index (χ0) is 35.3. The topological polar surface area (TPSA) is 139 Å². The van der Waals surface area contributed by atoms with Crippen molar-refractivity contribution < 1.29 is 38.2 Å². The Balaban J connectivity index is 1.33. The summed E-state index contributed by atoms with van der Waals surface area (Å²) in [4.78, 5) is 84.3. The molecule has 2 saturated heterocycles. The summed E-state index contributed by atoms with van der Waals surface area (Å²) in [7, 11) is 0. The van der Waals surface area contributed by atoms with E-state index in [1.54, 1.807) is 24.0 Å². The van der Waals surface area contributed by atoms with Crippen LogP contribution in [-0.2, 0) is 40.1 Å². The standard InChI is InChI=1S/C38H53N3O8/c1-5-48-36(46)32-27-18-12-17-26(27)22-40(32)35(45)33(38(2,3)4)39-34(44)28(25-15-10-7-11-16-25)21-30(42)29-19-20-31(43)41(29)37(47)49-23-24-13-8-6-9-14-24/h6,8-9,13-14,25-29,32-33H,5,7,10-12,15-23H2,1-4H3,(H,39,44)/t26-,27-,28-,29-,32-,33+/m0/s1. The van der Waals surface area contributed by atoms with E-state index in [9.17, 15) is 28.8 Å². The third kappa shape index (κ3) is 8.35. The highest BCUT2D eigenvalue weighted by molar-refractivity contribution is 6.02. The minimum atomic E-state index is -1.01. The van der Waals surface area contributed by atoms with Crippen LogP contribution in [0.5, 0.6) is 0 Å². The number of nitrogens with zero attached hydrogens (tertiary/aromatic N) is 2. The normalized spacial score (nSPS) is 25.4. The van der Waals surface area contributed by atoms with E-state index in [-0.39, 0.29) is 67.8 Å². The van der Waals surface area contributed by atoms with E-state index in [0.29, 0.717) is 6.54 Å². The van der Waals surface area contributed by atoms with Crippen molar-refractivity contribution in [2.24, 2.45) is 29.1 Å². The Bertz CT molecular complexity index is 1380. The largest absolute Gasteiger partial charge is 0.464 e. The van der Waals surface area contributed by atoms with Crippen molar-refractivity contribution in [2.45, 2.75) is 123 Å². The molecule has 5 rings (SSSR count). The summed E-state index contributed by atoms with van der Waals surface area (Å²) in [6.45, 7) is 8.05. The molecule has 2 aliphatic carbocycles. The molecular weight excluding hydrogens is 626 g/mol. The molecule has 1 aromatic carbocycles. The van der Waals surface area contributed by atoms with Gasteiger partial charge in [-0.05, 0) is 67.8 Å². The third-order valence-corrected chi connectivity index (χ3v) is 11.1. The lowest BCUT2D eigenvalue weighted by atomic mass is 9.76. The molecule has 1 N–H and O–H groups in total. The first-order valence-electron chi connectivity index (χ1n) is 18.2. The molecule has 4 amide bonds. The summed E-state index contributed by atoms with van der Waals surface area (Å²) in [5, 5.41) is 3.06. The highest BCUT2D eigenvalue weighted by Gasteiger charge is 2.53. The van der Waals surface area contributed by atoms with Gasteiger partial charge in [-0.2, -0.15) is 0 Å². The molecule has 268 valence electrons. The van der Waals surface area contributed by atoms with Gasteiger partial charge in [0.15, 0.2) is 5.78 Å². The fourth-order valence-corrected chi connectivity index (χ4v) is 8.49. The third-order valence-electron chi connectivity index (χ3n) is 11.1. The van der Waals surface area contributed by atoms with Crippen LogP contribution in [-0.4, -0.2) is 76.6 Å². The SMILES string of the molecule is CCOC(=O)[C@@H]1[C@H]2CCC[C@H]2CN1C(=O)[C@@H](NC(=O)[C@@H](CC(=O)[C@@H]1CCC(=O)N1C(=O)OCc1ccccc1)C1CCCCC1)C(C)(C)C. The number of amides is 4. The number of Topliss-reactive ketones (excluding diaryl/α,β-unsaturated/α-hetero) is 1. The van der Waals surface area contributed by atoms with E-state index in [1.165, 1.54) is 0 Å². The van der Waals surface area contributed by atoms with Crippen molar-refractivity contribution in [2.75, 3.05) is 13.2 Å². The van der Waals surface area contributed by atoms with Crippen LogP contribution in [0.4, 0.5) is 4.79 Å². The predicted octanol–water partition coefficient (Wildman–Crippen LogP) is 5.19. The van der Waals surface area contributed by atoms with Crippen molar-refractivity contribution >= 4 is 35.6 Å². The van der Waals surface area contributed by atoms with Crippen LogP contribution < -0.4 is 5.32 Å². The highest BCUT2D eigenvalue weighted by Crippen LogP contribution is 2.43. The molecule has 0 spiro atoms. The van der Waals surface area contributed by atoms with Crippen LogP contribution in [0, 0.1) is 29.1 Å². The number of esters is 1. The van der Waals surface area contributed by atoms with E-state index >= 15 is 0 Å². The number of rotatable bonds is 11. The quantitative estimate of drug-likeness (QED) is 0.316. The Morgan fingerprint density at radius 3 is 2.31 bits per heavy atom. The summed E-state index contributed by atoms with van der Waals surface area (Å²) < 4.78 is 10.8. The van der Waals surface area contributed by atoms with Crippen LogP contribution in [0.2, 0.25) is 0 Å². The number of ether oxygens (including phenoxy) is 2. The van der Waals surface area contributed by atoms with E-state index in [2.05, 4.69) is 5.32 Å². The molecule has 0 unspecified atom stereocenters.